The molecule has 1 aromatic carbocycles. The van der Waals surface area contributed by atoms with Gasteiger partial charge in [-0.15, -0.1) is 0 Å². The maximum absolute atomic E-state index is 12.5. The van der Waals surface area contributed by atoms with Crippen molar-refractivity contribution in [3.8, 4) is 0 Å². The zero-order valence-electron chi connectivity index (χ0n) is 15.0. The van der Waals surface area contributed by atoms with Crippen LogP contribution in [0, 0.1) is 5.92 Å². The average Bonchev–Trinajstić information content (AvgIpc) is 2.55. The molecule has 1 aromatic heterocycles. The van der Waals surface area contributed by atoms with Crippen molar-refractivity contribution in [2.75, 3.05) is 17.2 Å². The first-order valence-corrected chi connectivity index (χ1v) is 8.56. The Morgan fingerprint density at radius 1 is 1.12 bits per heavy atom. The predicted octanol–water partition coefficient (Wildman–Crippen LogP) is 4.92. The molecule has 0 aliphatic rings. The van der Waals surface area contributed by atoms with Crippen LogP contribution in [0.4, 0.5) is 11.4 Å². The normalized spacial score (nSPS) is 10.9. The van der Waals surface area contributed by atoms with Crippen LogP contribution in [0.15, 0.2) is 42.7 Å². The smallest absolute Gasteiger partial charge is 0.257 e. The Labute approximate surface area is 144 Å². The van der Waals surface area contributed by atoms with Crippen LogP contribution in [0.2, 0.25) is 0 Å². The van der Waals surface area contributed by atoms with Crippen LogP contribution in [-0.2, 0) is 0 Å². The van der Waals surface area contributed by atoms with E-state index in [1.165, 1.54) is 0 Å². The van der Waals surface area contributed by atoms with Crippen LogP contribution in [0.1, 0.15) is 56.0 Å². The second-order valence-corrected chi connectivity index (χ2v) is 6.77. The summed E-state index contributed by atoms with van der Waals surface area (Å²) in [6.07, 6.45) is 4.43. The Balaban J connectivity index is 2.08. The van der Waals surface area contributed by atoms with Crippen LogP contribution in [0.25, 0.3) is 0 Å². The Morgan fingerprint density at radius 2 is 1.88 bits per heavy atom. The number of hydrogen-bond acceptors (Lipinski definition) is 3. The van der Waals surface area contributed by atoms with Crippen LogP contribution >= 0.6 is 0 Å². The Bertz CT molecular complexity index is 680. The van der Waals surface area contributed by atoms with E-state index in [4.69, 9.17) is 0 Å². The third-order valence-electron chi connectivity index (χ3n) is 3.88. The molecule has 0 saturated carbocycles. The number of nitrogens with zero attached hydrogens (tertiary/aromatic N) is 1. The Hall–Kier alpha value is -2.36. The van der Waals surface area contributed by atoms with Crippen molar-refractivity contribution in [3.05, 3.63) is 53.9 Å². The number of rotatable bonds is 7. The number of para-hydroxylation sites is 1. The second kappa shape index (κ2) is 8.48. The number of amides is 1. The minimum Gasteiger partial charge on any atom is -0.384 e. The van der Waals surface area contributed by atoms with E-state index in [9.17, 15) is 4.79 Å². The number of carbonyl (C=O) groups is 1. The standard InChI is InChI=1S/C20H27N3O/c1-14(2)9-10-22-17-11-16(12-21-13-17)20(24)23-19-8-6-5-7-18(19)15(3)4/h5-8,11-15,22H,9-10H2,1-4H3,(H,23,24). The van der Waals surface area contributed by atoms with Gasteiger partial charge >= 0.3 is 0 Å². The topological polar surface area (TPSA) is 54.0 Å². The van der Waals surface area contributed by atoms with Crippen molar-refractivity contribution < 1.29 is 4.79 Å². The lowest BCUT2D eigenvalue weighted by atomic mass is 10.0. The van der Waals surface area contributed by atoms with Crippen LogP contribution in [0.5, 0.6) is 0 Å². The third-order valence-corrected chi connectivity index (χ3v) is 3.88. The fourth-order valence-electron chi connectivity index (χ4n) is 2.47. The largest absolute Gasteiger partial charge is 0.384 e. The van der Waals surface area contributed by atoms with Crippen molar-refractivity contribution in [1.29, 1.82) is 0 Å². The summed E-state index contributed by atoms with van der Waals surface area (Å²) in [5, 5.41) is 6.33. The van der Waals surface area contributed by atoms with Crippen molar-refractivity contribution >= 4 is 17.3 Å². The number of benzene rings is 1. The van der Waals surface area contributed by atoms with Gasteiger partial charge < -0.3 is 10.6 Å². The zero-order chi connectivity index (χ0) is 17.5. The minimum absolute atomic E-state index is 0.136. The predicted molar refractivity (Wildman–Crippen MR) is 101 cm³/mol. The van der Waals surface area contributed by atoms with Gasteiger partial charge in [0.2, 0.25) is 0 Å². The molecule has 4 heteroatoms. The van der Waals surface area contributed by atoms with E-state index in [1.807, 2.05) is 30.3 Å². The third kappa shape index (κ3) is 5.08. The first-order chi connectivity index (χ1) is 11.5. The first kappa shape index (κ1) is 18.0. The summed E-state index contributed by atoms with van der Waals surface area (Å²) < 4.78 is 0. The van der Waals surface area contributed by atoms with E-state index < -0.39 is 0 Å². The summed E-state index contributed by atoms with van der Waals surface area (Å²) >= 11 is 0. The van der Waals surface area contributed by atoms with E-state index in [-0.39, 0.29) is 5.91 Å². The lowest BCUT2D eigenvalue weighted by molar-refractivity contribution is 0.102. The van der Waals surface area contributed by atoms with Gasteiger partial charge in [0.05, 0.1) is 11.3 Å². The number of aromatic nitrogens is 1. The molecule has 0 bridgehead atoms. The lowest BCUT2D eigenvalue weighted by Gasteiger charge is -2.14. The molecular weight excluding hydrogens is 298 g/mol. The molecule has 4 nitrogen and oxygen atoms in total. The summed E-state index contributed by atoms with van der Waals surface area (Å²) in [5.41, 5.74) is 3.42. The summed E-state index contributed by atoms with van der Waals surface area (Å²) in [7, 11) is 0. The highest BCUT2D eigenvalue weighted by atomic mass is 16.1. The monoisotopic (exact) mass is 325 g/mol. The Morgan fingerprint density at radius 3 is 2.58 bits per heavy atom. The Kier molecular flexibility index (Phi) is 6.36. The zero-order valence-corrected chi connectivity index (χ0v) is 15.0. The highest BCUT2D eigenvalue weighted by molar-refractivity contribution is 6.05. The molecule has 0 fully saturated rings. The molecule has 0 atom stereocenters. The molecule has 1 heterocycles. The molecule has 128 valence electrons. The van der Waals surface area contributed by atoms with E-state index >= 15 is 0 Å². The molecule has 24 heavy (non-hydrogen) atoms. The number of carbonyl (C=O) groups excluding carboxylic acids is 1. The van der Waals surface area contributed by atoms with Gasteiger partial charge in [-0.1, -0.05) is 45.9 Å². The van der Waals surface area contributed by atoms with Gasteiger partial charge in [-0.05, 0) is 36.0 Å². The molecule has 0 saturated heterocycles. The fraction of sp³-hybridized carbons (Fsp3) is 0.400. The molecule has 2 N–H and O–H groups in total. The van der Waals surface area contributed by atoms with Gasteiger partial charge in [0.1, 0.15) is 0 Å². The molecule has 2 rings (SSSR count). The van der Waals surface area contributed by atoms with E-state index in [2.05, 4.69) is 43.3 Å². The van der Waals surface area contributed by atoms with Crippen LogP contribution in [0.3, 0.4) is 0 Å². The molecule has 1 amide bonds. The molecule has 0 aliphatic heterocycles. The number of anilines is 2. The molecule has 0 unspecified atom stereocenters. The minimum atomic E-state index is -0.136. The van der Waals surface area contributed by atoms with E-state index in [1.54, 1.807) is 12.4 Å². The average molecular weight is 325 g/mol. The van der Waals surface area contributed by atoms with Gasteiger partial charge in [0.25, 0.3) is 5.91 Å². The number of nitrogens with one attached hydrogen (secondary N) is 2. The molecular formula is C20H27N3O. The van der Waals surface area contributed by atoms with Gasteiger partial charge in [-0.3, -0.25) is 9.78 Å². The van der Waals surface area contributed by atoms with Crippen LogP contribution < -0.4 is 10.6 Å². The fourth-order valence-corrected chi connectivity index (χ4v) is 2.47. The van der Waals surface area contributed by atoms with Gasteiger partial charge in [0.15, 0.2) is 0 Å². The van der Waals surface area contributed by atoms with Crippen molar-refractivity contribution in [1.82, 2.24) is 4.98 Å². The van der Waals surface area contributed by atoms with Crippen LogP contribution in [-0.4, -0.2) is 17.4 Å². The molecule has 2 aromatic rings. The summed E-state index contributed by atoms with van der Waals surface area (Å²) in [4.78, 5) is 16.7. The van der Waals surface area contributed by atoms with Gasteiger partial charge in [0, 0.05) is 24.6 Å². The van der Waals surface area contributed by atoms with Crippen molar-refractivity contribution in [2.45, 2.75) is 40.0 Å². The summed E-state index contributed by atoms with van der Waals surface area (Å²) in [6, 6.07) is 9.75. The number of pyridine rings is 1. The molecule has 0 spiro atoms. The van der Waals surface area contributed by atoms with E-state index in [0.717, 1.165) is 29.9 Å². The molecule has 0 aliphatic carbocycles. The highest BCUT2D eigenvalue weighted by Gasteiger charge is 2.11. The quantitative estimate of drug-likeness (QED) is 0.760. The maximum Gasteiger partial charge on any atom is 0.257 e. The van der Waals surface area contributed by atoms with Crippen molar-refractivity contribution in [2.24, 2.45) is 5.92 Å². The maximum atomic E-state index is 12.5. The first-order valence-electron chi connectivity index (χ1n) is 8.56. The number of hydrogen-bond donors (Lipinski definition) is 2. The second-order valence-electron chi connectivity index (χ2n) is 6.77. The lowest BCUT2D eigenvalue weighted by Crippen LogP contribution is -2.14. The van der Waals surface area contributed by atoms with Gasteiger partial charge in [-0.2, -0.15) is 0 Å². The van der Waals surface area contributed by atoms with Crippen molar-refractivity contribution in [3.63, 3.8) is 0 Å². The molecule has 0 radical (unpaired) electrons. The highest BCUT2D eigenvalue weighted by Crippen LogP contribution is 2.24. The SMILES string of the molecule is CC(C)CCNc1cncc(C(=O)Nc2ccccc2C(C)C)c1. The summed E-state index contributed by atoms with van der Waals surface area (Å²) in [5.74, 6) is 0.858. The summed E-state index contributed by atoms with van der Waals surface area (Å²) in [6.45, 7) is 9.49. The van der Waals surface area contributed by atoms with E-state index in [0.29, 0.717) is 17.4 Å². The van der Waals surface area contributed by atoms with Gasteiger partial charge in [-0.25, -0.2) is 0 Å².